The molecule has 1 unspecified atom stereocenters. The summed E-state index contributed by atoms with van der Waals surface area (Å²) in [6.07, 6.45) is 2.97. The van der Waals surface area contributed by atoms with E-state index in [0.29, 0.717) is 5.75 Å². The zero-order valence-corrected chi connectivity index (χ0v) is 14.1. The predicted molar refractivity (Wildman–Crippen MR) is 88.0 cm³/mol. The summed E-state index contributed by atoms with van der Waals surface area (Å²) in [6, 6.07) is 5.10. The van der Waals surface area contributed by atoms with Crippen LogP contribution in [0.5, 0.6) is 5.75 Å². The third-order valence-electron chi connectivity index (χ3n) is 5.33. The molecule has 2 aliphatic rings. The van der Waals surface area contributed by atoms with Crippen LogP contribution >= 0.6 is 0 Å². The molecule has 0 aromatic heterocycles. The van der Waals surface area contributed by atoms with Crippen LogP contribution < -0.4 is 4.74 Å². The first-order chi connectivity index (χ1) is 11.0. The van der Waals surface area contributed by atoms with Gasteiger partial charge in [0.25, 0.3) is 0 Å². The second-order valence-electron chi connectivity index (χ2n) is 7.30. The summed E-state index contributed by atoms with van der Waals surface area (Å²) >= 11 is 0. The van der Waals surface area contributed by atoms with Gasteiger partial charge in [0.15, 0.2) is 11.6 Å². The van der Waals surface area contributed by atoms with Crippen molar-refractivity contribution in [3.63, 3.8) is 0 Å². The summed E-state index contributed by atoms with van der Waals surface area (Å²) in [6.45, 7) is 4.76. The van der Waals surface area contributed by atoms with Crippen LogP contribution in [-0.4, -0.2) is 61.3 Å². The number of ether oxygens (including phenoxy) is 1. The number of likely N-dealkylation sites (N-methyl/N-ethyl adjacent to an activating group) is 1. The van der Waals surface area contributed by atoms with Gasteiger partial charge in [-0.25, -0.2) is 4.39 Å². The molecule has 0 radical (unpaired) electrons. The minimum absolute atomic E-state index is 0.193. The maximum atomic E-state index is 13.5. The molecular weight excluding hydrogens is 295 g/mol. The Hall–Kier alpha value is -1.17. The van der Waals surface area contributed by atoms with E-state index in [0.717, 1.165) is 57.5 Å². The third-order valence-corrected chi connectivity index (χ3v) is 5.33. The van der Waals surface area contributed by atoms with Crippen LogP contribution in [0.3, 0.4) is 0 Å². The Balaban J connectivity index is 1.59. The summed E-state index contributed by atoms with van der Waals surface area (Å²) < 4.78 is 18.6. The molecule has 0 saturated carbocycles. The number of aliphatic hydroxyl groups is 1. The molecule has 1 aromatic carbocycles. The predicted octanol–water partition coefficient (Wildman–Crippen LogP) is 2.11. The summed E-state index contributed by atoms with van der Waals surface area (Å²) in [5.74, 6) is 0.00100. The maximum absolute atomic E-state index is 13.5. The van der Waals surface area contributed by atoms with Gasteiger partial charge in [0.05, 0.1) is 13.2 Å². The van der Waals surface area contributed by atoms with Crippen LogP contribution in [0.25, 0.3) is 0 Å². The van der Waals surface area contributed by atoms with E-state index in [2.05, 4.69) is 16.8 Å². The van der Waals surface area contributed by atoms with Crippen molar-refractivity contribution in [2.45, 2.75) is 31.9 Å². The summed E-state index contributed by atoms with van der Waals surface area (Å²) in [4.78, 5) is 4.67. The molecule has 1 spiro atoms. The van der Waals surface area contributed by atoms with Gasteiger partial charge < -0.3 is 14.7 Å². The fourth-order valence-corrected chi connectivity index (χ4v) is 4.23. The van der Waals surface area contributed by atoms with Crippen molar-refractivity contribution in [1.29, 1.82) is 0 Å². The highest BCUT2D eigenvalue weighted by atomic mass is 19.1. The van der Waals surface area contributed by atoms with Gasteiger partial charge in [0.1, 0.15) is 0 Å². The van der Waals surface area contributed by atoms with Gasteiger partial charge in [-0.15, -0.1) is 0 Å². The number of hydrogen-bond donors (Lipinski definition) is 1. The Bertz CT molecular complexity index is 532. The molecule has 2 fully saturated rings. The topological polar surface area (TPSA) is 35.9 Å². The molecule has 128 valence electrons. The molecule has 1 N–H and O–H groups in total. The lowest BCUT2D eigenvalue weighted by atomic mass is 9.71. The maximum Gasteiger partial charge on any atom is 0.165 e. The zero-order valence-electron chi connectivity index (χ0n) is 14.1. The van der Waals surface area contributed by atoms with Crippen molar-refractivity contribution in [3.8, 4) is 5.75 Å². The molecule has 2 heterocycles. The molecule has 1 atom stereocenters. The first-order valence-electron chi connectivity index (χ1n) is 8.41. The number of piperidine rings is 2. The number of β-amino-alcohol motifs (C(OH)–C–C–N with tert-alkyl or cyclic N) is 1. The van der Waals surface area contributed by atoms with Crippen molar-refractivity contribution in [2.24, 2.45) is 5.41 Å². The molecule has 0 bridgehead atoms. The summed E-state index contributed by atoms with van der Waals surface area (Å²) in [5, 5.41) is 10.1. The smallest absolute Gasteiger partial charge is 0.165 e. The Labute approximate surface area is 137 Å². The highest BCUT2D eigenvalue weighted by Gasteiger charge is 2.40. The van der Waals surface area contributed by atoms with E-state index in [1.807, 2.05) is 6.07 Å². The van der Waals surface area contributed by atoms with Crippen molar-refractivity contribution in [2.75, 3.05) is 40.3 Å². The Morgan fingerprint density at radius 1 is 1.35 bits per heavy atom. The molecule has 0 aliphatic carbocycles. The van der Waals surface area contributed by atoms with Crippen molar-refractivity contribution < 1.29 is 14.2 Å². The highest BCUT2D eigenvalue weighted by Crippen LogP contribution is 2.39. The number of methoxy groups -OCH3 is 1. The standard InChI is InChI=1S/C18H27FN2O2/c1-20-12-15(22)10-18(13-20)5-7-21(8-6-18)11-14-3-4-16(19)17(9-14)23-2/h3-4,9,15,22H,5-8,10-13H2,1-2H3. The molecule has 0 amide bonds. The molecule has 3 rings (SSSR count). The van der Waals surface area contributed by atoms with Gasteiger partial charge in [0, 0.05) is 19.6 Å². The van der Waals surface area contributed by atoms with E-state index < -0.39 is 0 Å². The van der Waals surface area contributed by atoms with Crippen molar-refractivity contribution in [3.05, 3.63) is 29.6 Å². The number of benzene rings is 1. The number of likely N-dealkylation sites (tertiary alicyclic amines) is 2. The Morgan fingerprint density at radius 2 is 2.09 bits per heavy atom. The first kappa shape index (κ1) is 16.7. The van der Waals surface area contributed by atoms with Crippen molar-refractivity contribution in [1.82, 2.24) is 9.80 Å². The van der Waals surface area contributed by atoms with Gasteiger partial charge >= 0.3 is 0 Å². The van der Waals surface area contributed by atoms with Gasteiger partial charge in [-0.3, -0.25) is 4.90 Å². The van der Waals surface area contributed by atoms with E-state index in [1.165, 1.54) is 13.2 Å². The second-order valence-corrected chi connectivity index (χ2v) is 7.30. The van der Waals surface area contributed by atoms with Gasteiger partial charge in [-0.2, -0.15) is 0 Å². The normalized spacial score (nSPS) is 25.7. The Kier molecular flexibility index (Phi) is 4.90. The second kappa shape index (κ2) is 6.75. The molecule has 4 nitrogen and oxygen atoms in total. The minimum atomic E-state index is -0.312. The van der Waals surface area contributed by atoms with Crippen molar-refractivity contribution >= 4 is 0 Å². The first-order valence-corrected chi connectivity index (χ1v) is 8.41. The average molecular weight is 322 g/mol. The molecule has 1 aromatic rings. The zero-order chi connectivity index (χ0) is 16.4. The van der Waals surface area contributed by atoms with E-state index in [4.69, 9.17) is 4.74 Å². The van der Waals surface area contributed by atoms with E-state index in [1.54, 1.807) is 6.07 Å². The molecule has 2 saturated heterocycles. The molecule has 5 heteroatoms. The number of aliphatic hydroxyl groups excluding tert-OH is 1. The molecule has 2 aliphatic heterocycles. The van der Waals surface area contributed by atoms with Crippen LogP contribution in [0.15, 0.2) is 18.2 Å². The quantitative estimate of drug-likeness (QED) is 0.925. The van der Waals surface area contributed by atoms with E-state index in [-0.39, 0.29) is 17.3 Å². The lowest BCUT2D eigenvalue weighted by molar-refractivity contribution is -0.0331. The van der Waals surface area contributed by atoms with Crippen LogP contribution in [0.1, 0.15) is 24.8 Å². The largest absolute Gasteiger partial charge is 0.494 e. The minimum Gasteiger partial charge on any atom is -0.494 e. The highest BCUT2D eigenvalue weighted by molar-refractivity contribution is 5.30. The van der Waals surface area contributed by atoms with Gasteiger partial charge in [0.2, 0.25) is 0 Å². The number of halogens is 1. The fraction of sp³-hybridized carbons (Fsp3) is 0.667. The number of nitrogens with zero attached hydrogens (tertiary/aromatic N) is 2. The molecular formula is C18H27FN2O2. The third kappa shape index (κ3) is 3.84. The van der Waals surface area contributed by atoms with Crippen LogP contribution in [-0.2, 0) is 6.54 Å². The Morgan fingerprint density at radius 3 is 2.74 bits per heavy atom. The summed E-state index contributed by atoms with van der Waals surface area (Å²) in [5.41, 5.74) is 1.35. The average Bonchev–Trinajstić information content (AvgIpc) is 2.50. The van der Waals surface area contributed by atoms with Gasteiger partial charge in [-0.1, -0.05) is 6.07 Å². The summed E-state index contributed by atoms with van der Waals surface area (Å²) in [7, 11) is 3.60. The van der Waals surface area contributed by atoms with Crippen LogP contribution in [0.2, 0.25) is 0 Å². The van der Waals surface area contributed by atoms with Gasteiger partial charge in [-0.05, 0) is 62.5 Å². The van der Waals surface area contributed by atoms with E-state index >= 15 is 0 Å². The number of rotatable bonds is 3. The fourth-order valence-electron chi connectivity index (χ4n) is 4.23. The monoisotopic (exact) mass is 322 g/mol. The molecule has 23 heavy (non-hydrogen) atoms. The van der Waals surface area contributed by atoms with Crippen LogP contribution in [0, 0.1) is 11.2 Å². The van der Waals surface area contributed by atoms with E-state index in [9.17, 15) is 9.50 Å². The SMILES string of the molecule is COc1cc(CN2CCC3(CC2)CC(O)CN(C)C3)ccc1F. The van der Waals surface area contributed by atoms with Crippen LogP contribution in [0.4, 0.5) is 4.39 Å². The number of hydrogen-bond acceptors (Lipinski definition) is 4. The lowest BCUT2D eigenvalue weighted by Gasteiger charge is -2.48. The lowest BCUT2D eigenvalue weighted by Crippen LogP contribution is -2.52.